The Morgan fingerprint density at radius 2 is 2.21 bits per heavy atom. The molecule has 2 aromatic rings. The summed E-state index contributed by atoms with van der Waals surface area (Å²) in [4.78, 5) is 13.1. The summed E-state index contributed by atoms with van der Waals surface area (Å²) in [6, 6.07) is 6.81. The van der Waals surface area contributed by atoms with Crippen molar-refractivity contribution in [1.82, 2.24) is 5.32 Å². The highest BCUT2D eigenvalue weighted by Gasteiger charge is 2.13. The molecule has 0 atom stereocenters. The fourth-order valence-electron chi connectivity index (χ4n) is 1.84. The molecule has 0 aliphatic rings. The highest BCUT2D eigenvalue weighted by Crippen LogP contribution is 2.24. The number of nitrogen functional groups attached to an aromatic ring is 1. The number of carbonyl (C=O) groups is 1. The molecule has 0 aliphatic carbocycles. The highest BCUT2D eigenvalue weighted by molar-refractivity contribution is 7.10. The third-order valence-corrected chi connectivity index (χ3v) is 3.90. The number of carbonyl (C=O) groups excluding carboxylic acids is 1. The van der Waals surface area contributed by atoms with Crippen molar-refractivity contribution in [3.05, 3.63) is 45.6 Å². The van der Waals surface area contributed by atoms with Crippen LogP contribution in [0.15, 0.2) is 29.6 Å². The van der Waals surface area contributed by atoms with Crippen molar-refractivity contribution in [2.24, 2.45) is 0 Å². The molecule has 1 aromatic heterocycles. The number of amides is 1. The molecule has 1 amide bonds. The monoisotopic (exact) mass is 276 g/mol. The molecule has 19 heavy (non-hydrogen) atoms. The van der Waals surface area contributed by atoms with Gasteiger partial charge in [-0.3, -0.25) is 4.79 Å². The fraction of sp³-hybridized carbons (Fsp3) is 0.214. The lowest BCUT2D eigenvalue weighted by Gasteiger charge is -2.08. The van der Waals surface area contributed by atoms with Gasteiger partial charge in [-0.05, 0) is 35.6 Å². The van der Waals surface area contributed by atoms with Crippen LogP contribution in [-0.4, -0.2) is 11.0 Å². The molecule has 1 aromatic carbocycles. The quantitative estimate of drug-likeness (QED) is 0.593. The number of nitrogens with one attached hydrogen (secondary N) is 1. The molecule has 0 aliphatic heterocycles. The van der Waals surface area contributed by atoms with Crippen LogP contribution in [0.4, 0.5) is 5.69 Å². The number of phenols is 1. The lowest BCUT2D eigenvalue weighted by atomic mass is 10.1. The number of benzene rings is 1. The molecule has 4 N–H and O–H groups in total. The predicted octanol–water partition coefficient (Wildman–Crippen LogP) is 2.53. The molecule has 100 valence electrons. The van der Waals surface area contributed by atoms with Gasteiger partial charge < -0.3 is 16.2 Å². The van der Waals surface area contributed by atoms with Crippen LogP contribution in [0, 0.1) is 0 Å². The van der Waals surface area contributed by atoms with Crippen LogP contribution in [0.2, 0.25) is 0 Å². The summed E-state index contributed by atoms with van der Waals surface area (Å²) in [5.41, 5.74) is 7.21. The number of aromatic hydroxyl groups is 1. The number of hydrogen-bond acceptors (Lipinski definition) is 4. The van der Waals surface area contributed by atoms with E-state index in [2.05, 4.69) is 18.3 Å². The topological polar surface area (TPSA) is 75.4 Å². The third-order valence-electron chi connectivity index (χ3n) is 2.94. The summed E-state index contributed by atoms with van der Waals surface area (Å²) >= 11 is 1.62. The van der Waals surface area contributed by atoms with Crippen molar-refractivity contribution in [3.63, 3.8) is 0 Å². The number of phenolic OH excluding ortho intramolecular Hbond substituents is 1. The summed E-state index contributed by atoms with van der Waals surface area (Å²) in [6.45, 7) is 2.55. The van der Waals surface area contributed by atoms with Gasteiger partial charge >= 0.3 is 0 Å². The number of aryl methyl sites for hydroxylation is 1. The first-order valence-electron chi connectivity index (χ1n) is 6.04. The van der Waals surface area contributed by atoms with E-state index in [1.807, 2.05) is 5.38 Å². The lowest BCUT2D eigenvalue weighted by molar-refractivity contribution is 0.0948. The number of thiophene rings is 1. The molecule has 0 bridgehead atoms. The van der Waals surface area contributed by atoms with Gasteiger partial charge in [0.1, 0.15) is 0 Å². The molecular weight excluding hydrogens is 260 g/mol. The summed E-state index contributed by atoms with van der Waals surface area (Å²) in [6.07, 6.45) is 0.943. The largest absolute Gasteiger partial charge is 0.505 e. The molecule has 0 fully saturated rings. The van der Waals surface area contributed by atoms with Crippen LogP contribution in [-0.2, 0) is 13.0 Å². The molecular formula is C14H16N2O2S. The standard InChI is InChI=1S/C14H16N2O2S/c1-2-9-6-7-19-12(9)8-16-14(18)10-4-3-5-11(15)13(10)17/h3-7,17H,2,8,15H2,1H3,(H,16,18). The minimum atomic E-state index is -0.319. The summed E-state index contributed by atoms with van der Waals surface area (Å²) in [5.74, 6) is -0.484. The Morgan fingerprint density at radius 3 is 2.95 bits per heavy atom. The lowest BCUT2D eigenvalue weighted by Crippen LogP contribution is -2.23. The van der Waals surface area contributed by atoms with Gasteiger partial charge in [0.15, 0.2) is 5.75 Å². The predicted molar refractivity (Wildman–Crippen MR) is 77.4 cm³/mol. The van der Waals surface area contributed by atoms with Gasteiger partial charge in [-0.15, -0.1) is 11.3 Å². The van der Waals surface area contributed by atoms with E-state index in [0.29, 0.717) is 6.54 Å². The number of rotatable bonds is 4. The smallest absolute Gasteiger partial charge is 0.255 e. The number of nitrogens with two attached hydrogens (primary N) is 1. The van der Waals surface area contributed by atoms with E-state index in [1.54, 1.807) is 29.5 Å². The zero-order valence-corrected chi connectivity index (χ0v) is 11.5. The Hall–Kier alpha value is -2.01. The summed E-state index contributed by atoms with van der Waals surface area (Å²) in [5, 5.41) is 14.6. The van der Waals surface area contributed by atoms with E-state index >= 15 is 0 Å². The molecule has 0 radical (unpaired) electrons. The van der Waals surface area contributed by atoms with E-state index in [1.165, 1.54) is 5.56 Å². The Labute approximate surface area is 115 Å². The van der Waals surface area contributed by atoms with Crippen LogP contribution in [0.1, 0.15) is 27.7 Å². The molecule has 0 unspecified atom stereocenters. The second kappa shape index (κ2) is 5.75. The van der Waals surface area contributed by atoms with E-state index in [-0.39, 0.29) is 22.9 Å². The van der Waals surface area contributed by atoms with Crippen LogP contribution in [0.3, 0.4) is 0 Å². The van der Waals surface area contributed by atoms with E-state index < -0.39 is 0 Å². The second-order valence-corrected chi connectivity index (χ2v) is 5.15. The van der Waals surface area contributed by atoms with Gasteiger partial charge in [0.05, 0.1) is 17.8 Å². The molecule has 0 saturated carbocycles. The van der Waals surface area contributed by atoms with Crippen molar-refractivity contribution in [2.75, 3.05) is 5.73 Å². The van der Waals surface area contributed by atoms with Gasteiger partial charge in [-0.25, -0.2) is 0 Å². The highest BCUT2D eigenvalue weighted by atomic mass is 32.1. The van der Waals surface area contributed by atoms with Crippen molar-refractivity contribution < 1.29 is 9.90 Å². The first-order valence-corrected chi connectivity index (χ1v) is 6.92. The van der Waals surface area contributed by atoms with Crippen molar-refractivity contribution in [3.8, 4) is 5.75 Å². The number of hydrogen-bond donors (Lipinski definition) is 3. The first-order chi connectivity index (χ1) is 9.13. The van der Waals surface area contributed by atoms with Crippen LogP contribution < -0.4 is 11.1 Å². The summed E-state index contributed by atoms with van der Waals surface area (Å²) in [7, 11) is 0. The number of para-hydroxylation sites is 1. The Kier molecular flexibility index (Phi) is 4.06. The minimum absolute atomic E-state index is 0.165. The average Bonchev–Trinajstić information content (AvgIpc) is 2.86. The van der Waals surface area contributed by atoms with Crippen molar-refractivity contribution >= 4 is 22.9 Å². The molecule has 0 spiro atoms. The first kappa shape index (κ1) is 13.4. The third kappa shape index (κ3) is 2.88. The van der Waals surface area contributed by atoms with Crippen LogP contribution in [0.25, 0.3) is 0 Å². The van der Waals surface area contributed by atoms with Gasteiger partial charge in [-0.1, -0.05) is 13.0 Å². The Morgan fingerprint density at radius 1 is 1.42 bits per heavy atom. The van der Waals surface area contributed by atoms with Gasteiger partial charge in [-0.2, -0.15) is 0 Å². The average molecular weight is 276 g/mol. The Bertz CT molecular complexity index is 593. The maximum atomic E-state index is 12.0. The molecule has 5 heteroatoms. The van der Waals surface area contributed by atoms with Gasteiger partial charge in [0, 0.05) is 4.88 Å². The molecule has 2 rings (SSSR count). The SMILES string of the molecule is CCc1ccsc1CNC(=O)c1cccc(N)c1O. The zero-order chi connectivity index (χ0) is 13.8. The van der Waals surface area contributed by atoms with Crippen molar-refractivity contribution in [1.29, 1.82) is 0 Å². The van der Waals surface area contributed by atoms with E-state index in [0.717, 1.165) is 11.3 Å². The van der Waals surface area contributed by atoms with Crippen LogP contribution >= 0.6 is 11.3 Å². The second-order valence-electron chi connectivity index (χ2n) is 4.15. The fourth-order valence-corrected chi connectivity index (χ4v) is 2.75. The zero-order valence-electron chi connectivity index (χ0n) is 10.6. The maximum absolute atomic E-state index is 12.0. The molecule has 1 heterocycles. The minimum Gasteiger partial charge on any atom is -0.505 e. The number of anilines is 1. The molecule has 4 nitrogen and oxygen atoms in total. The maximum Gasteiger partial charge on any atom is 0.255 e. The van der Waals surface area contributed by atoms with Crippen molar-refractivity contribution in [2.45, 2.75) is 19.9 Å². The van der Waals surface area contributed by atoms with Gasteiger partial charge in [0.25, 0.3) is 5.91 Å². The van der Waals surface area contributed by atoms with Gasteiger partial charge in [0.2, 0.25) is 0 Å². The van der Waals surface area contributed by atoms with E-state index in [4.69, 9.17) is 5.73 Å². The summed E-state index contributed by atoms with van der Waals surface area (Å²) < 4.78 is 0. The van der Waals surface area contributed by atoms with Crippen LogP contribution in [0.5, 0.6) is 5.75 Å². The Balaban J connectivity index is 2.08. The molecule has 0 saturated heterocycles. The normalized spacial score (nSPS) is 10.4. The van der Waals surface area contributed by atoms with E-state index in [9.17, 15) is 9.90 Å².